The quantitative estimate of drug-likeness (QED) is 0.651. The summed E-state index contributed by atoms with van der Waals surface area (Å²) in [4.78, 5) is 2.54. The van der Waals surface area contributed by atoms with Crippen LogP contribution in [-0.2, 0) is 4.74 Å². The predicted octanol–water partition coefficient (Wildman–Crippen LogP) is 3.27. The minimum Gasteiger partial charge on any atom is -0.377 e. The molecule has 0 amide bonds. The summed E-state index contributed by atoms with van der Waals surface area (Å²) in [5.41, 5.74) is 0. The summed E-state index contributed by atoms with van der Waals surface area (Å²) in [6, 6.07) is 0.790. The van der Waals surface area contributed by atoms with Gasteiger partial charge < -0.3 is 9.64 Å². The molecule has 1 rings (SSSR count). The molecule has 3 heteroatoms. The number of hydrogen-bond acceptors (Lipinski definition) is 3. The number of nitrogens with zero attached hydrogens (tertiary/aromatic N) is 1. The SMILES string of the molecule is CSCCOC1CCC(N(C)CC(C)C)CC1. The summed E-state index contributed by atoms with van der Waals surface area (Å²) < 4.78 is 5.89. The van der Waals surface area contributed by atoms with Crippen LogP contribution in [-0.4, -0.2) is 49.3 Å². The first-order chi connectivity index (χ1) is 8.13. The lowest BCUT2D eigenvalue weighted by Gasteiger charge is -2.35. The second kappa shape index (κ2) is 8.39. The number of thioether (sulfide) groups is 1. The van der Waals surface area contributed by atoms with E-state index in [9.17, 15) is 0 Å². The summed E-state index contributed by atoms with van der Waals surface area (Å²) in [5.74, 6) is 1.91. The van der Waals surface area contributed by atoms with E-state index in [0.29, 0.717) is 6.10 Å². The molecule has 0 aromatic heterocycles. The maximum absolute atomic E-state index is 5.89. The molecular formula is C14H29NOS. The molecule has 0 spiro atoms. The van der Waals surface area contributed by atoms with Crippen LogP contribution in [0.1, 0.15) is 39.5 Å². The highest BCUT2D eigenvalue weighted by Gasteiger charge is 2.24. The van der Waals surface area contributed by atoms with E-state index < -0.39 is 0 Å². The third kappa shape index (κ3) is 6.12. The maximum Gasteiger partial charge on any atom is 0.0576 e. The zero-order valence-electron chi connectivity index (χ0n) is 11.9. The molecule has 0 aliphatic heterocycles. The van der Waals surface area contributed by atoms with Crippen molar-refractivity contribution in [1.29, 1.82) is 0 Å². The molecule has 0 saturated heterocycles. The average molecular weight is 259 g/mol. The predicted molar refractivity (Wildman–Crippen MR) is 77.8 cm³/mol. The first-order valence-corrected chi connectivity index (χ1v) is 8.33. The summed E-state index contributed by atoms with van der Waals surface area (Å²) >= 11 is 1.87. The van der Waals surface area contributed by atoms with E-state index in [1.807, 2.05) is 11.8 Å². The average Bonchev–Trinajstić information content (AvgIpc) is 2.29. The van der Waals surface area contributed by atoms with Gasteiger partial charge in [-0.1, -0.05) is 13.8 Å². The van der Waals surface area contributed by atoms with Crippen LogP contribution in [0, 0.1) is 5.92 Å². The standard InChI is InChI=1S/C14H29NOS/c1-12(2)11-15(3)13-5-7-14(8-6-13)16-9-10-17-4/h12-14H,5-11H2,1-4H3. The molecule has 0 aromatic carbocycles. The van der Waals surface area contributed by atoms with Gasteiger partial charge in [0.25, 0.3) is 0 Å². The molecule has 1 aliphatic carbocycles. The van der Waals surface area contributed by atoms with Crippen molar-refractivity contribution in [3.8, 4) is 0 Å². The summed E-state index contributed by atoms with van der Waals surface area (Å²) in [6.07, 6.45) is 7.80. The monoisotopic (exact) mass is 259 g/mol. The van der Waals surface area contributed by atoms with Gasteiger partial charge in [-0.3, -0.25) is 0 Å². The van der Waals surface area contributed by atoms with E-state index >= 15 is 0 Å². The summed E-state index contributed by atoms with van der Waals surface area (Å²) in [6.45, 7) is 6.75. The molecule has 0 N–H and O–H groups in total. The van der Waals surface area contributed by atoms with Crippen molar-refractivity contribution in [3.05, 3.63) is 0 Å². The first-order valence-electron chi connectivity index (χ1n) is 6.94. The van der Waals surface area contributed by atoms with Crippen LogP contribution in [0.2, 0.25) is 0 Å². The highest BCUT2D eigenvalue weighted by atomic mass is 32.2. The van der Waals surface area contributed by atoms with Crippen molar-refractivity contribution in [2.45, 2.75) is 51.7 Å². The number of ether oxygens (including phenoxy) is 1. The third-order valence-electron chi connectivity index (χ3n) is 3.56. The summed E-state index contributed by atoms with van der Waals surface area (Å²) in [5, 5.41) is 0. The van der Waals surface area contributed by atoms with E-state index in [0.717, 1.165) is 24.3 Å². The Hall–Kier alpha value is 0.270. The van der Waals surface area contributed by atoms with E-state index in [-0.39, 0.29) is 0 Å². The Morgan fingerprint density at radius 1 is 1.24 bits per heavy atom. The van der Waals surface area contributed by atoms with Crippen molar-refractivity contribution in [3.63, 3.8) is 0 Å². The van der Waals surface area contributed by atoms with Crippen LogP contribution in [0.4, 0.5) is 0 Å². The molecular weight excluding hydrogens is 230 g/mol. The fourth-order valence-electron chi connectivity index (χ4n) is 2.68. The normalized spacial score (nSPS) is 25.8. The highest BCUT2D eigenvalue weighted by Crippen LogP contribution is 2.25. The lowest BCUT2D eigenvalue weighted by molar-refractivity contribution is 0.0173. The van der Waals surface area contributed by atoms with E-state index in [4.69, 9.17) is 4.74 Å². The Labute approximate surface area is 111 Å². The first kappa shape index (κ1) is 15.3. The van der Waals surface area contributed by atoms with Crippen molar-refractivity contribution in [2.75, 3.05) is 32.2 Å². The number of rotatable bonds is 7. The molecule has 1 fully saturated rings. The lowest BCUT2D eigenvalue weighted by atomic mass is 9.91. The van der Waals surface area contributed by atoms with Crippen LogP contribution < -0.4 is 0 Å². The van der Waals surface area contributed by atoms with E-state index in [1.54, 1.807) is 0 Å². The zero-order chi connectivity index (χ0) is 12.7. The molecule has 2 nitrogen and oxygen atoms in total. The molecule has 0 aromatic rings. The molecule has 1 aliphatic rings. The molecule has 0 bridgehead atoms. The van der Waals surface area contributed by atoms with Gasteiger partial charge in [-0.15, -0.1) is 0 Å². The van der Waals surface area contributed by atoms with Gasteiger partial charge in [0.2, 0.25) is 0 Å². The smallest absolute Gasteiger partial charge is 0.0576 e. The van der Waals surface area contributed by atoms with Crippen LogP contribution in [0.5, 0.6) is 0 Å². The summed E-state index contributed by atoms with van der Waals surface area (Å²) in [7, 11) is 2.28. The molecule has 0 heterocycles. The Morgan fingerprint density at radius 3 is 2.41 bits per heavy atom. The Morgan fingerprint density at radius 2 is 1.88 bits per heavy atom. The zero-order valence-corrected chi connectivity index (χ0v) is 12.8. The lowest BCUT2D eigenvalue weighted by Crippen LogP contribution is -2.38. The Bertz CT molecular complexity index is 191. The van der Waals surface area contributed by atoms with E-state index in [1.165, 1.54) is 32.2 Å². The van der Waals surface area contributed by atoms with Crippen molar-refractivity contribution in [1.82, 2.24) is 4.90 Å². The van der Waals surface area contributed by atoms with Crippen LogP contribution >= 0.6 is 11.8 Å². The number of hydrogen-bond donors (Lipinski definition) is 0. The Balaban J connectivity index is 2.16. The second-order valence-electron chi connectivity index (χ2n) is 5.63. The minimum atomic E-state index is 0.533. The Kier molecular flexibility index (Phi) is 7.56. The van der Waals surface area contributed by atoms with E-state index in [2.05, 4.69) is 32.1 Å². The molecule has 102 valence electrons. The van der Waals surface area contributed by atoms with Gasteiger partial charge in [-0.2, -0.15) is 11.8 Å². The van der Waals surface area contributed by atoms with Crippen molar-refractivity contribution < 1.29 is 4.74 Å². The van der Waals surface area contributed by atoms with Gasteiger partial charge in [-0.05, 0) is 44.9 Å². The third-order valence-corrected chi connectivity index (χ3v) is 4.14. The van der Waals surface area contributed by atoms with Crippen molar-refractivity contribution in [2.24, 2.45) is 5.92 Å². The minimum absolute atomic E-state index is 0.533. The highest BCUT2D eigenvalue weighted by molar-refractivity contribution is 7.98. The topological polar surface area (TPSA) is 12.5 Å². The van der Waals surface area contributed by atoms with Gasteiger partial charge in [0, 0.05) is 18.3 Å². The van der Waals surface area contributed by atoms with Gasteiger partial charge >= 0.3 is 0 Å². The van der Waals surface area contributed by atoms with Gasteiger partial charge in [0.05, 0.1) is 12.7 Å². The molecule has 0 atom stereocenters. The molecule has 0 radical (unpaired) electrons. The molecule has 1 saturated carbocycles. The molecule has 0 unspecified atom stereocenters. The maximum atomic E-state index is 5.89. The van der Waals surface area contributed by atoms with Crippen molar-refractivity contribution >= 4 is 11.8 Å². The van der Waals surface area contributed by atoms with Crippen LogP contribution in [0.3, 0.4) is 0 Å². The fraction of sp³-hybridized carbons (Fsp3) is 1.00. The fourth-order valence-corrected chi connectivity index (χ4v) is 2.94. The molecule has 17 heavy (non-hydrogen) atoms. The van der Waals surface area contributed by atoms with Gasteiger partial charge in [0.1, 0.15) is 0 Å². The largest absolute Gasteiger partial charge is 0.377 e. The van der Waals surface area contributed by atoms with Crippen LogP contribution in [0.15, 0.2) is 0 Å². The van der Waals surface area contributed by atoms with Gasteiger partial charge in [0.15, 0.2) is 0 Å². The van der Waals surface area contributed by atoms with Crippen LogP contribution in [0.25, 0.3) is 0 Å². The second-order valence-corrected chi connectivity index (χ2v) is 6.61. The van der Waals surface area contributed by atoms with Gasteiger partial charge in [-0.25, -0.2) is 0 Å².